The molecule has 0 saturated heterocycles. The molecule has 0 aromatic carbocycles. The summed E-state index contributed by atoms with van der Waals surface area (Å²) in [5, 5.41) is 0. The smallest absolute Gasteiger partial charge is 0 e. The molecule has 6 radical (unpaired) electrons. The molecule has 22 valence electrons. The van der Waals surface area contributed by atoms with E-state index in [0.29, 0.717) is 0 Å². The summed E-state index contributed by atoms with van der Waals surface area (Å²) in [6, 6.07) is 0. The van der Waals surface area contributed by atoms with Crippen LogP contribution >= 0.6 is 0 Å². The van der Waals surface area contributed by atoms with Crippen molar-refractivity contribution in [2.45, 2.75) is 0 Å². The van der Waals surface area contributed by atoms with E-state index in [2.05, 4.69) is 0 Å². The first kappa shape index (κ1) is 30.6. The van der Waals surface area contributed by atoms with Crippen LogP contribution in [-0.2, 0) is 44.4 Å². The van der Waals surface area contributed by atoms with Crippen LogP contribution in [0, 0.1) is 0 Å². The zero-order valence-corrected chi connectivity index (χ0v) is 11.1. The first-order chi connectivity index (χ1) is 0. The molecule has 0 N–H and O–H groups in total. The Morgan fingerprint density at radius 1 is 1.00 bits per heavy atom. The molecular formula is CdCuGaSe. The largest absolute Gasteiger partial charge is 0 e. The molecule has 0 unspecified atom stereocenters. The minimum absolute atomic E-state index is 0. The Labute approximate surface area is 80.0 Å². The quantitative estimate of drug-likeness (QED) is 0.514. The summed E-state index contributed by atoms with van der Waals surface area (Å²) in [7, 11) is 0. The van der Waals surface area contributed by atoms with E-state index in [0.717, 1.165) is 0 Å². The summed E-state index contributed by atoms with van der Waals surface area (Å²) >= 11 is 0. The zero-order valence-electron chi connectivity index (χ0n) is 1.99. The third-order valence-electron chi connectivity index (χ3n) is 0. The van der Waals surface area contributed by atoms with Gasteiger partial charge in [0.25, 0.3) is 0 Å². The third kappa shape index (κ3) is 8.82. The van der Waals surface area contributed by atoms with Crippen LogP contribution in [0.15, 0.2) is 0 Å². The van der Waals surface area contributed by atoms with Gasteiger partial charge >= 0.3 is 0 Å². The summed E-state index contributed by atoms with van der Waals surface area (Å²) in [5.74, 6) is 0. The van der Waals surface area contributed by atoms with Gasteiger partial charge in [0.05, 0.1) is 0 Å². The van der Waals surface area contributed by atoms with Crippen LogP contribution < -0.4 is 0 Å². The average Bonchev–Trinajstić information content (AvgIpc) is 0. The van der Waals surface area contributed by atoms with E-state index in [4.69, 9.17) is 0 Å². The molecular weight excluding hydrogens is 325 g/mol. The number of rotatable bonds is 0. The number of hydrogen-bond donors (Lipinski definition) is 0. The third-order valence-corrected chi connectivity index (χ3v) is 0. The van der Waals surface area contributed by atoms with Crippen LogP contribution in [0.25, 0.3) is 0 Å². The van der Waals surface area contributed by atoms with Gasteiger partial charge in [0.2, 0.25) is 0 Å². The van der Waals surface area contributed by atoms with Crippen molar-refractivity contribution in [3.8, 4) is 0 Å². The zero-order chi connectivity index (χ0) is 0. The van der Waals surface area contributed by atoms with Crippen molar-refractivity contribution in [3.63, 3.8) is 0 Å². The molecule has 0 saturated carbocycles. The Bertz CT molecular complexity index is 8.00. The monoisotopic (exact) mass is 326 g/mol. The van der Waals surface area contributed by atoms with Gasteiger partial charge in [0.15, 0.2) is 0 Å². The predicted octanol–water partition coefficient (Wildman–Crippen LogP) is -0.767. The first-order valence-corrected chi connectivity index (χ1v) is 0. The molecule has 0 aromatic heterocycles. The Hall–Kier alpha value is 2.60. The predicted molar refractivity (Wildman–Crippen MR) is 11.5 cm³/mol. The van der Waals surface area contributed by atoms with Crippen LogP contribution in [0.1, 0.15) is 0 Å². The van der Waals surface area contributed by atoms with E-state index in [-0.39, 0.29) is 81.2 Å². The van der Waals surface area contributed by atoms with E-state index in [1.54, 1.807) is 0 Å². The minimum atomic E-state index is 0. The van der Waals surface area contributed by atoms with Gasteiger partial charge in [0, 0.05) is 81.2 Å². The molecule has 0 bridgehead atoms. The molecule has 0 fully saturated rings. The van der Waals surface area contributed by atoms with E-state index >= 15 is 0 Å². The number of hydrogen-bond acceptors (Lipinski definition) is 0. The molecule has 0 heterocycles. The van der Waals surface area contributed by atoms with Crippen LogP contribution in [0.5, 0.6) is 0 Å². The van der Waals surface area contributed by atoms with Gasteiger partial charge in [-0.05, 0) is 0 Å². The van der Waals surface area contributed by atoms with Crippen molar-refractivity contribution in [2.24, 2.45) is 0 Å². The molecule has 0 rings (SSSR count). The van der Waals surface area contributed by atoms with E-state index in [1.165, 1.54) is 0 Å². The fourth-order valence-corrected chi connectivity index (χ4v) is 0. The standard InChI is InChI=1S/Cd.Cu.Ga.Se. The van der Waals surface area contributed by atoms with Crippen molar-refractivity contribution >= 4 is 36.9 Å². The van der Waals surface area contributed by atoms with Gasteiger partial charge in [-0.1, -0.05) is 0 Å². The van der Waals surface area contributed by atoms with Gasteiger partial charge in [-0.25, -0.2) is 0 Å². The average molecular weight is 325 g/mol. The van der Waals surface area contributed by atoms with E-state index < -0.39 is 0 Å². The van der Waals surface area contributed by atoms with Crippen LogP contribution in [0.2, 0.25) is 0 Å². The van der Waals surface area contributed by atoms with Crippen molar-refractivity contribution in [2.75, 3.05) is 0 Å². The molecule has 0 aliphatic carbocycles. The Kier molecular flexibility index (Phi) is 134. The van der Waals surface area contributed by atoms with Gasteiger partial charge in [-0.15, -0.1) is 0 Å². The molecule has 0 nitrogen and oxygen atoms in total. The SMILES string of the molecule is [Cd].[Cu].[Ga].[Se]. The van der Waals surface area contributed by atoms with Crippen LogP contribution in [0.4, 0.5) is 0 Å². The first-order valence-electron chi connectivity index (χ1n) is 0. The molecule has 0 atom stereocenters. The summed E-state index contributed by atoms with van der Waals surface area (Å²) in [4.78, 5) is 0. The second kappa shape index (κ2) is 17.5. The summed E-state index contributed by atoms with van der Waals surface area (Å²) in [5.41, 5.74) is 0. The van der Waals surface area contributed by atoms with Crippen LogP contribution in [-0.4, -0.2) is 36.9 Å². The van der Waals surface area contributed by atoms with Crippen molar-refractivity contribution in [3.05, 3.63) is 0 Å². The van der Waals surface area contributed by atoms with Crippen molar-refractivity contribution < 1.29 is 44.4 Å². The molecule has 0 spiro atoms. The fraction of sp³-hybridized carbons (Fsp3) is 0. The topological polar surface area (TPSA) is 0 Å². The van der Waals surface area contributed by atoms with Gasteiger partial charge in [0.1, 0.15) is 0 Å². The molecule has 0 amide bonds. The fourth-order valence-electron chi connectivity index (χ4n) is 0. The maximum Gasteiger partial charge on any atom is 0 e. The Morgan fingerprint density at radius 3 is 1.00 bits per heavy atom. The van der Waals surface area contributed by atoms with Crippen molar-refractivity contribution in [1.82, 2.24) is 0 Å². The molecule has 0 aliphatic rings. The Morgan fingerprint density at radius 2 is 1.00 bits per heavy atom. The van der Waals surface area contributed by atoms with E-state index in [1.807, 2.05) is 0 Å². The minimum Gasteiger partial charge on any atom is 0 e. The van der Waals surface area contributed by atoms with Gasteiger partial charge in [-0.3, -0.25) is 0 Å². The Balaban J connectivity index is 0. The summed E-state index contributed by atoms with van der Waals surface area (Å²) in [6.45, 7) is 0. The summed E-state index contributed by atoms with van der Waals surface area (Å²) < 4.78 is 0. The summed E-state index contributed by atoms with van der Waals surface area (Å²) in [6.07, 6.45) is 0. The second-order valence-corrected chi connectivity index (χ2v) is 0. The van der Waals surface area contributed by atoms with E-state index in [9.17, 15) is 0 Å². The van der Waals surface area contributed by atoms with Gasteiger partial charge in [-0.2, -0.15) is 0 Å². The molecule has 4 heteroatoms. The maximum absolute atomic E-state index is 0. The molecule has 0 aromatic rings. The normalized spacial score (nSPS) is 0. The maximum atomic E-state index is 0. The van der Waals surface area contributed by atoms with Crippen molar-refractivity contribution in [1.29, 1.82) is 0 Å². The molecule has 0 aliphatic heterocycles. The molecule has 4 heavy (non-hydrogen) atoms. The second-order valence-electron chi connectivity index (χ2n) is 0. The van der Waals surface area contributed by atoms with Gasteiger partial charge < -0.3 is 0 Å². The van der Waals surface area contributed by atoms with Crippen LogP contribution in [0.3, 0.4) is 0 Å².